The topological polar surface area (TPSA) is 32.3 Å². The molecule has 1 saturated heterocycles. The standard InChI is InChI=1S/C16H23FN2OS/c1-21-10-9-19-15(5-6-16(19)20)7-8-18-12-13-3-2-4-14(17)11-13/h2-4,11,15,18H,5-10,12H2,1H3. The van der Waals surface area contributed by atoms with E-state index in [1.54, 1.807) is 23.9 Å². The highest BCUT2D eigenvalue weighted by atomic mass is 32.2. The van der Waals surface area contributed by atoms with Gasteiger partial charge in [0.25, 0.3) is 0 Å². The predicted molar refractivity (Wildman–Crippen MR) is 85.8 cm³/mol. The van der Waals surface area contributed by atoms with Crippen molar-refractivity contribution in [3.8, 4) is 0 Å². The van der Waals surface area contributed by atoms with Crippen LogP contribution in [0.3, 0.4) is 0 Å². The van der Waals surface area contributed by atoms with Crippen LogP contribution in [-0.2, 0) is 11.3 Å². The molecule has 1 fully saturated rings. The number of likely N-dealkylation sites (tertiary alicyclic amines) is 1. The maximum Gasteiger partial charge on any atom is 0.222 e. The molecule has 1 aliphatic rings. The fourth-order valence-electron chi connectivity index (χ4n) is 2.74. The molecule has 0 saturated carbocycles. The van der Waals surface area contributed by atoms with Gasteiger partial charge < -0.3 is 10.2 Å². The summed E-state index contributed by atoms with van der Waals surface area (Å²) in [5.41, 5.74) is 0.955. The lowest BCUT2D eigenvalue weighted by molar-refractivity contribution is -0.128. The summed E-state index contributed by atoms with van der Waals surface area (Å²) in [7, 11) is 0. The first-order valence-electron chi connectivity index (χ1n) is 7.44. The van der Waals surface area contributed by atoms with Crippen molar-refractivity contribution >= 4 is 17.7 Å². The minimum absolute atomic E-state index is 0.195. The minimum Gasteiger partial charge on any atom is -0.339 e. The molecule has 21 heavy (non-hydrogen) atoms. The highest BCUT2D eigenvalue weighted by molar-refractivity contribution is 7.98. The summed E-state index contributed by atoms with van der Waals surface area (Å²) in [6.07, 6.45) is 4.68. The maximum atomic E-state index is 13.1. The molecule has 0 spiro atoms. The number of hydrogen-bond acceptors (Lipinski definition) is 3. The average Bonchev–Trinajstić information content (AvgIpc) is 2.82. The Bertz CT molecular complexity index is 469. The van der Waals surface area contributed by atoms with E-state index in [0.29, 0.717) is 24.9 Å². The SMILES string of the molecule is CSCCN1C(=O)CCC1CCNCc1cccc(F)c1. The van der Waals surface area contributed by atoms with Gasteiger partial charge in [0.1, 0.15) is 5.82 Å². The zero-order valence-corrected chi connectivity index (χ0v) is 13.3. The summed E-state index contributed by atoms with van der Waals surface area (Å²) in [6, 6.07) is 7.02. The van der Waals surface area contributed by atoms with E-state index >= 15 is 0 Å². The van der Waals surface area contributed by atoms with E-state index in [-0.39, 0.29) is 5.82 Å². The quantitative estimate of drug-likeness (QED) is 0.749. The predicted octanol–water partition coefficient (Wildman–Crippen LogP) is 2.66. The number of carbonyl (C=O) groups is 1. The summed E-state index contributed by atoms with van der Waals surface area (Å²) in [4.78, 5) is 13.9. The van der Waals surface area contributed by atoms with E-state index in [2.05, 4.69) is 11.6 Å². The summed E-state index contributed by atoms with van der Waals surface area (Å²) < 4.78 is 13.1. The third-order valence-corrected chi connectivity index (χ3v) is 4.45. The van der Waals surface area contributed by atoms with E-state index in [0.717, 1.165) is 37.2 Å². The van der Waals surface area contributed by atoms with Gasteiger partial charge in [-0.2, -0.15) is 11.8 Å². The van der Waals surface area contributed by atoms with Crippen LogP contribution >= 0.6 is 11.8 Å². The zero-order valence-electron chi connectivity index (χ0n) is 12.5. The second kappa shape index (κ2) is 8.39. The van der Waals surface area contributed by atoms with Crippen molar-refractivity contribution in [1.82, 2.24) is 10.2 Å². The van der Waals surface area contributed by atoms with Gasteiger partial charge in [0, 0.05) is 31.3 Å². The molecule has 0 aromatic heterocycles. The van der Waals surface area contributed by atoms with Gasteiger partial charge in [0.15, 0.2) is 0 Å². The van der Waals surface area contributed by atoms with Gasteiger partial charge in [-0.1, -0.05) is 12.1 Å². The monoisotopic (exact) mass is 310 g/mol. The Hall–Kier alpha value is -1.07. The van der Waals surface area contributed by atoms with Crippen molar-refractivity contribution < 1.29 is 9.18 Å². The van der Waals surface area contributed by atoms with Gasteiger partial charge in [0.05, 0.1) is 0 Å². The van der Waals surface area contributed by atoms with Gasteiger partial charge in [-0.15, -0.1) is 0 Å². The molecule has 3 nitrogen and oxygen atoms in total. The Morgan fingerprint density at radius 2 is 2.33 bits per heavy atom. The lowest BCUT2D eigenvalue weighted by Gasteiger charge is -2.24. The second-order valence-corrected chi connectivity index (χ2v) is 6.35. The fraction of sp³-hybridized carbons (Fsp3) is 0.562. The number of halogens is 1. The summed E-state index contributed by atoms with van der Waals surface area (Å²) >= 11 is 1.77. The van der Waals surface area contributed by atoms with Gasteiger partial charge >= 0.3 is 0 Å². The molecule has 0 radical (unpaired) electrons. The number of amides is 1. The molecule has 1 N–H and O–H groups in total. The smallest absolute Gasteiger partial charge is 0.222 e. The molecule has 5 heteroatoms. The van der Waals surface area contributed by atoms with Crippen molar-refractivity contribution in [3.63, 3.8) is 0 Å². The molecule has 1 heterocycles. The molecule has 116 valence electrons. The van der Waals surface area contributed by atoms with Crippen LogP contribution in [0.1, 0.15) is 24.8 Å². The first-order valence-corrected chi connectivity index (χ1v) is 8.83. The maximum absolute atomic E-state index is 13.1. The van der Waals surface area contributed by atoms with Crippen LogP contribution in [0.2, 0.25) is 0 Å². The van der Waals surface area contributed by atoms with Gasteiger partial charge in [-0.3, -0.25) is 4.79 Å². The highest BCUT2D eigenvalue weighted by Crippen LogP contribution is 2.21. The normalized spacial score (nSPS) is 18.5. The average molecular weight is 310 g/mol. The molecular formula is C16H23FN2OS. The third-order valence-electron chi connectivity index (χ3n) is 3.86. The number of rotatable bonds is 8. The largest absolute Gasteiger partial charge is 0.339 e. The van der Waals surface area contributed by atoms with E-state index in [4.69, 9.17) is 0 Å². The molecule has 0 aliphatic carbocycles. The summed E-state index contributed by atoms with van der Waals surface area (Å²) in [5.74, 6) is 1.09. The van der Waals surface area contributed by atoms with Crippen molar-refractivity contribution in [2.45, 2.75) is 31.8 Å². The van der Waals surface area contributed by atoms with Gasteiger partial charge in [-0.05, 0) is 43.3 Å². The fourth-order valence-corrected chi connectivity index (χ4v) is 3.12. The lowest BCUT2D eigenvalue weighted by Crippen LogP contribution is -2.36. The number of thioether (sulfide) groups is 1. The Kier molecular flexibility index (Phi) is 6.51. The molecule has 1 atom stereocenters. The van der Waals surface area contributed by atoms with Crippen LogP contribution in [0.5, 0.6) is 0 Å². The summed E-state index contributed by atoms with van der Waals surface area (Å²) in [6.45, 7) is 2.38. The number of carbonyl (C=O) groups excluding carboxylic acids is 1. The molecule has 0 bridgehead atoms. The van der Waals surface area contributed by atoms with Crippen LogP contribution in [0.4, 0.5) is 4.39 Å². The Morgan fingerprint density at radius 3 is 3.10 bits per heavy atom. The van der Waals surface area contributed by atoms with Crippen molar-refractivity contribution in [2.75, 3.05) is 25.1 Å². The summed E-state index contributed by atoms with van der Waals surface area (Å²) in [5, 5.41) is 3.34. The molecule has 2 rings (SSSR count). The van der Waals surface area contributed by atoms with Gasteiger partial charge in [0.2, 0.25) is 5.91 Å². The lowest BCUT2D eigenvalue weighted by atomic mass is 10.1. The van der Waals surface area contributed by atoms with Crippen LogP contribution in [0, 0.1) is 5.82 Å². The molecule has 1 amide bonds. The molecular weight excluding hydrogens is 287 g/mol. The highest BCUT2D eigenvalue weighted by Gasteiger charge is 2.29. The Labute approximate surface area is 130 Å². The van der Waals surface area contributed by atoms with Gasteiger partial charge in [-0.25, -0.2) is 4.39 Å². The number of benzene rings is 1. The van der Waals surface area contributed by atoms with E-state index in [9.17, 15) is 9.18 Å². The number of hydrogen-bond donors (Lipinski definition) is 1. The van der Waals surface area contributed by atoms with E-state index in [1.807, 2.05) is 11.0 Å². The third kappa shape index (κ3) is 5.00. The molecule has 1 aromatic rings. The van der Waals surface area contributed by atoms with Crippen molar-refractivity contribution in [3.05, 3.63) is 35.6 Å². The zero-order chi connectivity index (χ0) is 15.1. The van der Waals surface area contributed by atoms with Crippen LogP contribution in [0.15, 0.2) is 24.3 Å². The van der Waals surface area contributed by atoms with Crippen molar-refractivity contribution in [1.29, 1.82) is 0 Å². The van der Waals surface area contributed by atoms with Crippen LogP contribution in [0.25, 0.3) is 0 Å². The Morgan fingerprint density at radius 1 is 1.48 bits per heavy atom. The van der Waals surface area contributed by atoms with E-state index < -0.39 is 0 Å². The number of nitrogens with one attached hydrogen (secondary N) is 1. The Balaban J connectivity index is 1.71. The van der Waals surface area contributed by atoms with E-state index in [1.165, 1.54) is 6.07 Å². The minimum atomic E-state index is -0.195. The molecule has 1 aliphatic heterocycles. The van der Waals surface area contributed by atoms with Crippen molar-refractivity contribution in [2.24, 2.45) is 0 Å². The first-order chi connectivity index (χ1) is 10.2. The van der Waals surface area contributed by atoms with Crippen LogP contribution < -0.4 is 5.32 Å². The number of nitrogens with zero attached hydrogens (tertiary/aromatic N) is 1. The second-order valence-electron chi connectivity index (χ2n) is 5.37. The molecule has 1 unspecified atom stereocenters. The first kappa shape index (κ1) is 16.3. The molecule has 1 aromatic carbocycles. The van der Waals surface area contributed by atoms with Crippen LogP contribution in [-0.4, -0.2) is 41.9 Å².